The summed E-state index contributed by atoms with van der Waals surface area (Å²) in [6.07, 6.45) is 2.15. The van der Waals surface area contributed by atoms with Crippen LogP contribution in [0.4, 0.5) is 0 Å². The summed E-state index contributed by atoms with van der Waals surface area (Å²) in [4.78, 5) is 13.9. The summed E-state index contributed by atoms with van der Waals surface area (Å²) >= 11 is 0. The maximum atomic E-state index is 11.6. The molecule has 17 heavy (non-hydrogen) atoms. The van der Waals surface area contributed by atoms with Crippen molar-refractivity contribution in [3.63, 3.8) is 0 Å². The van der Waals surface area contributed by atoms with Crippen LogP contribution in [0.3, 0.4) is 0 Å². The smallest absolute Gasteiger partial charge is 0.234 e. The van der Waals surface area contributed by atoms with Gasteiger partial charge in [0.25, 0.3) is 0 Å². The Morgan fingerprint density at radius 2 is 2.18 bits per heavy atom. The molecule has 2 unspecified atom stereocenters. The first-order chi connectivity index (χ1) is 8.17. The Morgan fingerprint density at radius 1 is 1.41 bits per heavy atom. The standard InChI is InChI=1S/C13H27N3O/c1-4-7-15-13(17)10-16-8-6-12(14-5-2)11(3)9-16/h11-12,14H,4-10H2,1-3H3,(H,15,17). The minimum absolute atomic E-state index is 0.168. The molecule has 100 valence electrons. The lowest BCUT2D eigenvalue weighted by Crippen LogP contribution is -2.50. The Balaban J connectivity index is 2.27. The van der Waals surface area contributed by atoms with Gasteiger partial charge in [-0.15, -0.1) is 0 Å². The largest absolute Gasteiger partial charge is 0.355 e. The van der Waals surface area contributed by atoms with Crippen molar-refractivity contribution < 1.29 is 4.79 Å². The van der Waals surface area contributed by atoms with Crippen molar-refractivity contribution in [1.82, 2.24) is 15.5 Å². The van der Waals surface area contributed by atoms with E-state index in [-0.39, 0.29) is 5.91 Å². The van der Waals surface area contributed by atoms with E-state index in [0.29, 0.717) is 18.5 Å². The van der Waals surface area contributed by atoms with Crippen molar-refractivity contribution in [2.24, 2.45) is 5.92 Å². The number of carbonyl (C=O) groups is 1. The predicted molar refractivity (Wildman–Crippen MR) is 71.0 cm³/mol. The molecule has 0 spiro atoms. The van der Waals surface area contributed by atoms with Crippen molar-refractivity contribution in [3.05, 3.63) is 0 Å². The van der Waals surface area contributed by atoms with Crippen molar-refractivity contribution >= 4 is 5.91 Å². The molecular weight excluding hydrogens is 214 g/mol. The molecule has 1 rings (SSSR count). The van der Waals surface area contributed by atoms with E-state index in [2.05, 4.69) is 36.3 Å². The third kappa shape index (κ3) is 5.04. The van der Waals surface area contributed by atoms with E-state index >= 15 is 0 Å². The molecule has 1 aliphatic rings. The second-order valence-corrected chi connectivity index (χ2v) is 5.02. The number of hydrogen-bond donors (Lipinski definition) is 2. The first-order valence-electron chi connectivity index (χ1n) is 6.89. The molecule has 4 heteroatoms. The molecular formula is C13H27N3O. The van der Waals surface area contributed by atoms with Crippen molar-refractivity contribution in [3.8, 4) is 0 Å². The zero-order valence-corrected chi connectivity index (χ0v) is 11.5. The molecule has 0 aromatic rings. The van der Waals surface area contributed by atoms with Crippen LogP contribution in [-0.2, 0) is 4.79 Å². The second-order valence-electron chi connectivity index (χ2n) is 5.02. The average molecular weight is 241 g/mol. The zero-order chi connectivity index (χ0) is 12.7. The summed E-state index contributed by atoms with van der Waals surface area (Å²) in [6, 6.07) is 0.620. The van der Waals surface area contributed by atoms with Crippen molar-refractivity contribution in [2.75, 3.05) is 32.7 Å². The molecule has 0 radical (unpaired) electrons. The quantitative estimate of drug-likeness (QED) is 0.724. The summed E-state index contributed by atoms with van der Waals surface area (Å²) in [6.45, 7) is 10.9. The third-order valence-electron chi connectivity index (χ3n) is 3.40. The van der Waals surface area contributed by atoms with Gasteiger partial charge in [0.2, 0.25) is 5.91 Å². The summed E-state index contributed by atoms with van der Waals surface area (Å²) in [5, 5.41) is 6.45. The molecule has 0 saturated carbocycles. The molecule has 2 N–H and O–H groups in total. The normalized spacial score (nSPS) is 25.8. The van der Waals surface area contributed by atoms with Gasteiger partial charge >= 0.3 is 0 Å². The van der Waals surface area contributed by atoms with Gasteiger partial charge in [-0.3, -0.25) is 9.69 Å². The maximum absolute atomic E-state index is 11.6. The maximum Gasteiger partial charge on any atom is 0.234 e. The molecule has 4 nitrogen and oxygen atoms in total. The van der Waals surface area contributed by atoms with Gasteiger partial charge in [0.1, 0.15) is 0 Å². The molecule has 0 aromatic heterocycles. The number of carbonyl (C=O) groups excluding carboxylic acids is 1. The predicted octanol–water partition coefficient (Wildman–Crippen LogP) is 0.833. The number of piperidine rings is 1. The van der Waals surface area contributed by atoms with Gasteiger partial charge in [-0.05, 0) is 25.3 Å². The summed E-state index contributed by atoms with van der Waals surface area (Å²) in [7, 11) is 0. The zero-order valence-electron chi connectivity index (χ0n) is 11.5. The Bertz CT molecular complexity index is 233. The molecule has 1 fully saturated rings. The van der Waals surface area contributed by atoms with E-state index in [1.165, 1.54) is 0 Å². The van der Waals surface area contributed by atoms with Gasteiger partial charge in [-0.2, -0.15) is 0 Å². The van der Waals surface area contributed by atoms with E-state index in [1.807, 2.05) is 0 Å². The minimum Gasteiger partial charge on any atom is -0.355 e. The van der Waals surface area contributed by atoms with Gasteiger partial charge < -0.3 is 10.6 Å². The number of hydrogen-bond acceptors (Lipinski definition) is 3. The number of rotatable bonds is 6. The average Bonchev–Trinajstić information content (AvgIpc) is 2.30. The summed E-state index contributed by atoms with van der Waals surface area (Å²) in [5.74, 6) is 0.795. The van der Waals surface area contributed by atoms with Crippen LogP contribution < -0.4 is 10.6 Å². The Hall–Kier alpha value is -0.610. The van der Waals surface area contributed by atoms with Crippen LogP contribution in [0.5, 0.6) is 0 Å². The first kappa shape index (κ1) is 14.5. The van der Waals surface area contributed by atoms with Gasteiger partial charge in [-0.1, -0.05) is 20.8 Å². The monoisotopic (exact) mass is 241 g/mol. The topological polar surface area (TPSA) is 44.4 Å². The second kappa shape index (κ2) is 7.67. The Labute approximate surface area is 105 Å². The Morgan fingerprint density at radius 3 is 2.76 bits per heavy atom. The molecule has 1 heterocycles. The lowest BCUT2D eigenvalue weighted by Gasteiger charge is -2.36. The van der Waals surface area contributed by atoms with E-state index in [4.69, 9.17) is 0 Å². The molecule has 1 saturated heterocycles. The van der Waals surface area contributed by atoms with Crippen LogP contribution in [-0.4, -0.2) is 49.6 Å². The van der Waals surface area contributed by atoms with Crippen LogP contribution in [0.2, 0.25) is 0 Å². The molecule has 2 atom stereocenters. The van der Waals surface area contributed by atoms with E-state index in [1.54, 1.807) is 0 Å². The molecule has 1 aliphatic heterocycles. The van der Waals surface area contributed by atoms with Crippen LogP contribution >= 0.6 is 0 Å². The lowest BCUT2D eigenvalue weighted by atomic mass is 9.94. The highest BCUT2D eigenvalue weighted by atomic mass is 16.2. The SMILES string of the molecule is CCCNC(=O)CN1CCC(NCC)C(C)C1. The highest BCUT2D eigenvalue weighted by Gasteiger charge is 2.25. The lowest BCUT2D eigenvalue weighted by molar-refractivity contribution is -0.122. The number of nitrogens with one attached hydrogen (secondary N) is 2. The molecule has 0 aliphatic carbocycles. The van der Waals surface area contributed by atoms with Gasteiger partial charge in [0.05, 0.1) is 6.54 Å². The summed E-state index contributed by atoms with van der Waals surface area (Å²) in [5.41, 5.74) is 0. The van der Waals surface area contributed by atoms with Crippen LogP contribution in [0.25, 0.3) is 0 Å². The fourth-order valence-corrected chi connectivity index (χ4v) is 2.46. The van der Waals surface area contributed by atoms with Crippen molar-refractivity contribution in [2.45, 2.75) is 39.7 Å². The van der Waals surface area contributed by atoms with E-state index in [9.17, 15) is 4.79 Å². The summed E-state index contributed by atoms with van der Waals surface area (Å²) < 4.78 is 0. The highest BCUT2D eigenvalue weighted by Crippen LogP contribution is 2.16. The highest BCUT2D eigenvalue weighted by molar-refractivity contribution is 5.77. The van der Waals surface area contributed by atoms with Gasteiger partial charge in [-0.25, -0.2) is 0 Å². The van der Waals surface area contributed by atoms with Crippen LogP contribution in [0.15, 0.2) is 0 Å². The first-order valence-corrected chi connectivity index (χ1v) is 6.89. The Kier molecular flexibility index (Phi) is 6.52. The number of amides is 1. The van der Waals surface area contributed by atoms with E-state index < -0.39 is 0 Å². The number of nitrogens with zero attached hydrogens (tertiary/aromatic N) is 1. The number of likely N-dealkylation sites (tertiary alicyclic amines) is 1. The van der Waals surface area contributed by atoms with Crippen LogP contribution in [0, 0.1) is 5.92 Å². The van der Waals surface area contributed by atoms with Crippen molar-refractivity contribution in [1.29, 1.82) is 0 Å². The molecule has 1 amide bonds. The minimum atomic E-state index is 0.168. The van der Waals surface area contributed by atoms with Crippen LogP contribution in [0.1, 0.15) is 33.6 Å². The van der Waals surface area contributed by atoms with Gasteiger partial charge in [0.15, 0.2) is 0 Å². The fourth-order valence-electron chi connectivity index (χ4n) is 2.46. The molecule has 0 aromatic carbocycles. The third-order valence-corrected chi connectivity index (χ3v) is 3.40. The van der Waals surface area contributed by atoms with Gasteiger partial charge in [0, 0.05) is 25.7 Å². The van der Waals surface area contributed by atoms with E-state index in [0.717, 1.165) is 39.0 Å². The molecule has 0 bridgehead atoms. The fraction of sp³-hybridized carbons (Fsp3) is 0.923.